The Kier molecular flexibility index (Phi) is 6.90. The molecule has 0 amide bonds. The van der Waals surface area contributed by atoms with Crippen molar-refractivity contribution in [1.29, 1.82) is 0 Å². The minimum Gasteiger partial charge on any atom is -0.0625 e. The molecule has 3 rings (SSSR count). The van der Waals surface area contributed by atoms with Gasteiger partial charge >= 0.3 is 0 Å². The third kappa shape index (κ3) is 5.50. The van der Waals surface area contributed by atoms with Crippen molar-refractivity contribution < 1.29 is 0 Å². The molecular weight excluding hydrogens is 276 g/mol. The molecule has 3 fully saturated rings. The van der Waals surface area contributed by atoms with Gasteiger partial charge in [0.15, 0.2) is 0 Å². The lowest BCUT2D eigenvalue weighted by Gasteiger charge is -2.38. The summed E-state index contributed by atoms with van der Waals surface area (Å²) in [6.45, 7) is 4.94. The zero-order valence-electron chi connectivity index (χ0n) is 16.1. The molecule has 0 aromatic carbocycles. The van der Waals surface area contributed by atoms with Crippen molar-refractivity contribution >= 4 is 0 Å². The SMILES string of the molecule is CC1CCC(CC(CC2CCC(C)CC2)C2CCCCC2)CC1. The fourth-order valence-corrected chi connectivity index (χ4v) is 6.07. The molecule has 0 unspecified atom stereocenters. The maximum absolute atomic E-state index is 2.47. The molecule has 0 bridgehead atoms. The van der Waals surface area contributed by atoms with E-state index in [-0.39, 0.29) is 0 Å². The van der Waals surface area contributed by atoms with Gasteiger partial charge in [0.25, 0.3) is 0 Å². The smallest absolute Gasteiger partial charge is 0.0381 e. The summed E-state index contributed by atoms with van der Waals surface area (Å²) < 4.78 is 0. The van der Waals surface area contributed by atoms with E-state index >= 15 is 0 Å². The molecule has 0 aromatic heterocycles. The van der Waals surface area contributed by atoms with Gasteiger partial charge in [-0.3, -0.25) is 0 Å². The average Bonchev–Trinajstić information content (AvgIpc) is 2.59. The highest BCUT2D eigenvalue weighted by atomic mass is 14.4. The van der Waals surface area contributed by atoms with Gasteiger partial charge in [0.1, 0.15) is 0 Å². The van der Waals surface area contributed by atoms with Crippen molar-refractivity contribution in [3.05, 3.63) is 0 Å². The molecule has 0 N–H and O–H groups in total. The second kappa shape index (κ2) is 8.91. The maximum atomic E-state index is 2.47. The van der Waals surface area contributed by atoms with Crippen LogP contribution < -0.4 is 0 Å². The summed E-state index contributed by atoms with van der Waals surface area (Å²) in [5, 5.41) is 0. The molecule has 0 aliphatic heterocycles. The first kappa shape index (κ1) is 17.8. The number of rotatable bonds is 5. The molecule has 0 heteroatoms. The highest BCUT2D eigenvalue weighted by Gasteiger charge is 2.31. The van der Waals surface area contributed by atoms with Crippen LogP contribution >= 0.6 is 0 Å². The van der Waals surface area contributed by atoms with Crippen LogP contribution in [0.4, 0.5) is 0 Å². The van der Waals surface area contributed by atoms with Crippen LogP contribution in [-0.4, -0.2) is 0 Å². The normalized spacial score (nSPS) is 38.3. The molecule has 3 aliphatic carbocycles. The average molecular weight is 319 g/mol. The van der Waals surface area contributed by atoms with Gasteiger partial charge in [-0.2, -0.15) is 0 Å². The largest absolute Gasteiger partial charge is 0.0625 e. The first-order chi connectivity index (χ1) is 11.2. The van der Waals surface area contributed by atoms with Gasteiger partial charge in [0.2, 0.25) is 0 Å². The number of hydrogen-bond acceptors (Lipinski definition) is 0. The van der Waals surface area contributed by atoms with E-state index in [0.29, 0.717) is 0 Å². The summed E-state index contributed by atoms with van der Waals surface area (Å²) in [6.07, 6.45) is 23.2. The molecule has 23 heavy (non-hydrogen) atoms. The zero-order valence-corrected chi connectivity index (χ0v) is 16.1. The van der Waals surface area contributed by atoms with Gasteiger partial charge in [-0.1, -0.05) is 97.3 Å². The molecule has 134 valence electrons. The van der Waals surface area contributed by atoms with Crippen molar-refractivity contribution in [2.75, 3.05) is 0 Å². The van der Waals surface area contributed by atoms with Crippen LogP contribution in [-0.2, 0) is 0 Å². The van der Waals surface area contributed by atoms with Crippen LogP contribution in [0.25, 0.3) is 0 Å². The summed E-state index contributed by atoms with van der Waals surface area (Å²) in [5.41, 5.74) is 0. The van der Waals surface area contributed by atoms with E-state index in [9.17, 15) is 0 Å². The quantitative estimate of drug-likeness (QED) is 0.489. The van der Waals surface area contributed by atoms with Crippen LogP contribution in [0.15, 0.2) is 0 Å². The van der Waals surface area contributed by atoms with Crippen LogP contribution in [0.2, 0.25) is 0 Å². The van der Waals surface area contributed by atoms with E-state index in [0.717, 1.165) is 35.5 Å². The molecule has 0 atom stereocenters. The van der Waals surface area contributed by atoms with Crippen LogP contribution in [0.5, 0.6) is 0 Å². The molecule has 3 saturated carbocycles. The van der Waals surface area contributed by atoms with Crippen molar-refractivity contribution in [3.63, 3.8) is 0 Å². The van der Waals surface area contributed by atoms with E-state index in [2.05, 4.69) is 13.8 Å². The van der Waals surface area contributed by atoms with Gasteiger partial charge in [-0.05, 0) is 48.3 Å². The van der Waals surface area contributed by atoms with Crippen LogP contribution in [0, 0.1) is 35.5 Å². The topological polar surface area (TPSA) is 0 Å². The Labute approximate surface area is 146 Å². The molecule has 0 nitrogen and oxygen atoms in total. The lowest BCUT2D eigenvalue weighted by molar-refractivity contribution is 0.136. The maximum Gasteiger partial charge on any atom is -0.0381 e. The Hall–Kier alpha value is 0. The standard InChI is InChI=1S/C23H42/c1-18-8-12-20(13-9-18)16-23(22-6-4-3-5-7-22)17-21-14-10-19(2)11-15-21/h18-23H,3-17H2,1-2H3. The third-order valence-electron chi connectivity index (χ3n) is 7.86. The summed E-state index contributed by atoms with van der Waals surface area (Å²) in [6, 6.07) is 0. The van der Waals surface area contributed by atoms with E-state index < -0.39 is 0 Å². The molecule has 0 saturated heterocycles. The Bertz CT molecular complexity index is 287. The zero-order chi connectivity index (χ0) is 16.1. The second-order valence-electron chi connectivity index (χ2n) is 9.88. The van der Waals surface area contributed by atoms with Gasteiger partial charge in [-0.15, -0.1) is 0 Å². The van der Waals surface area contributed by atoms with Crippen LogP contribution in [0.3, 0.4) is 0 Å². The molecule has 0 aromatic rings. The fourth-order valence-electron chi connectivity index (χ4n) is 6.07. The predicted molar refractivity (Wildman–Crippen MR) is 102 cm³/mol. The minimum absolute atomic E-state index is 1.01. The van der Waals surface area contributed by atoms with Gasteiger partial charge in [0.05, 0.1) is 0 Å². The fraction of sp³-hybridized carbons (Fsp3) is 1.00. The lowest BCUT2D eigenvalue weighted by Crippen LogP contribution is -2.26. The Morgan fingerprint density at radius 1 is 0.565 bits per heavy atom. The van der Waals surface area contributed by atoms with E-state index in [4.69, 9.17) is 0 Å². The lowest BCUT2D eigenvalue weighted by atomic mass is 9.68. The molecule has 0 heterocycles. The Morgan fingerprint density at radius 3 is 1.43 bits per heavy atom. The van der Waals surface area contributed by atoms with Gasteiger partial charge in [-0.25, -0.2) is 0 Å². The first-order valence-electron chi connectivity index (χ1n) is 11.2. The first-order valence-corrected chi connectivity index (χ1v) is 11.2. The van der Waals surface area contributed by atoms with Crippen LogP contribution in [0.1, 0.15) is 110 Å². The van der Waals surface area contributed by atoms with E-state index in [1.165, 1.54) is 44.9 Å². The summed E-state index contributed by atoms with van der Waals surface area (Å²) >= 11 is 0. The third-order valence-corrected chi connectivity index (χ3v) is 7.86. The number of hydrogen-bond donors (Lipinski definition) is 0. The Balaban J connectivity index is 1.54. The summed E-state index contributed by atoms with van der Waals surface area (Å²) in [5.74, 6) is 6.38. The van der Waals surface area contributed by atoms with E-state index in [1.807, 2.05) is 0 Å². The van der Waals surface area contributed by atoms with Crippen molar-refractivity contribution in [3.8, 4) is 0 Å². The van der Waals surface area contributed by atoms with Crippen molar-refractivity contribution in [2.24, 2.45) is 35.5 Å². The monoisotopic (exact) mass is 318 g/mol. The molecule has 0 spiro atoms. The molecular formula is C23H42. The molecule has 3 aliphatic rings. The van der Waals surface area contributed by atoms with Crippen molar-refractivity contribution in [1.82, 2.24) is 0 Å². The summed E-state index contributed by atoms with van der Waals surface area (Å²) in [7, 11) is 0. The highest BCUT2D eigenvalue weighted by molar-refractivity contribution is 4.82. The summed E-state index contributed by atoms with van der Waals surface area (Å²) in [4.78, 5) is 0. The molecule has 0 radical (unpaired) electrons. The second-order valence-corrected chi connectivity index (χ2v) is 9.88. The van der Waals surface area contributed by atoms with Crippen molar-refractivity contribution in [2.45, 2.75) is 110 Å². The van der Waals surface area contributed by atoms with Gasteiger partial charge < -0.3 is 0 Å². The Morgan fingerprint density at radius 2 is 1.00 bits per heavy atom. The highest BCUT2D eigenvalue weighted by Crippen LogP contribution is 2.43. The van der Waals surface area contributed by atoms with E-state index in [1.54, 1.807) is 51.4 Å². The minimum atomic E-state index is 1.01. The van der Waals surface area contributed by atoms with Gasteiger partial charge in [0, 0.05) is 0 Å². The predicted octanol–water partition coefficient (Wildman–Crippen LogP) is 7.62.